The minimum atomic E-state index is -1.49. The van der Waals surface area contributed by atoms with Crippen LogP contribution in [-0.2, 0) is 73.5 Å². The first-order valence-corrected chi connectivity index (χ1v) is 20.2. The van der Waals surface area contributed by atoms with Crippen LogP contribution in [0.3, 0.4) is 0 Å². The smallest absolute Gasteiger partial charge is 0.355 e. The third kappa shape index (κ3) is 11.2. The molecule has 0 spiro atoms. The molecule has 0 aliphatic carbocycles. The van der Waals surface area contributed by atoms with Crippen LogP contribution in [-0.4, -0.2) is 82.3 Å². The molecule has 0 fully saturated rings. The van der Waals surface area contributed by atoms with Gasteiger partial charge in [-0.1, -0.05) is 50.0 Å². The third-order valence-electron chi connectivity index (χ3n) is 8.55. The van der Waals surface area contributed by atoms with E-state index in [2.05, 4.69) is 29.9 Å². The van der Waals surface area contributed by atoms with Crippen LogP contribution in [0.1, 0.15) is 65.5 Å². The minimum Gasteiger partial charge on any atom is -0.469 e. The Balaban J connectivity index is 2.08. The van der Waals surface area contributed by atoms with Crippen molar-refractivity contribution >= 4 is 43.8 Å². The van der Waals surface area contributed by atoms with Crippen LogP contribution in [0, 0.1) is 0 Å². The lowest BCUT2D eigenvalue weighted by Crippen LogP contribution is -2.44. The second-order valence-corrected chi connectivity index (χ2v) is 19.2. The van der Waals surface area contributed by atoms with Crippen LogP contribution in [0.5, 0.6) is 0 Å². The van der Waals surface area contributed by atoms with Gasteiger partial charge in [-0.15, -0.1) is 0 Å². The van der Waals surface area contributed by atoms with Gasteiger partial charge in [0.15, 0.2) is 0 Å². The van der Waals surface area contributed by atoms with E-state index in [1.165, 1.54) is 21.3 Å². The molecule has 2 heterocycles. The molecule has 272 valence electrons. The number of carbonyl (C=O) groups is 6. The fraction of sp³-hybridized carbons (Fsp3) is 0.500. The van der Waals surface area contributed by atoms with Gasteiger partial charge in [0.05, 0.1) is 46.3 Å². The second-order valence-electron chi connectivity index (χ2n) is 13.5. The number of methoxy groups -OCH3 is 3. The van der Waals surface area contributed by atoms with E-state index < -0.39 is 49.4 Å². The van der Waals surface area contributed by atoms with Crippen molar-refractivity contribution in [1.29, 1.82) is 0 Å². The summed E-state index contributed by atoms with van der Waals surface area (Å²) in [7, 11) is 2.24. The van der Waals surface area contributed by atoms with Gasteiger partial charge in [-0.25, -0.2) is 4.79 Å². The van der Waals surface area contributed by atoms with Gasteiger partial charge in [-0.3, -0.25) is 24.0 Å². The molecule has 50 heavy (non-hydrogen) atoms. The number of aromatic nitrogens is 1. The SMILES string of the molecule is COC(=O)CCC1=C(CC(=O)OCC[Si](C)(C)C)C(C)(Cc2[nH]c(C(=O)OCc3ccccc3)c(CC(=O)OC)c2CCC(=O)OC)NC1=O. The maximum atomic E-state index is 13.6. The van der Waals surface area contributed by atoms with Crippen LogP contribution in [0.25, 0.3) is 0 Å². The van der Waals surface area contributed by atoms with Crippen LogP contribution < -0.4 is 5.32 Å². The zero-order chi connectivity index (χ0) is 37.1. The van der Waals surface area contributed by atoms with E-state index in [0.29, 0.717) is 16.8 Å². The maximum absolute atomic E-state index is 13.6. The normalized spacial score (nSPS) is 15.7. The predicted molar refractivity (Wildman–Crippen MR) is 185 cm³/mol. The molecule has 1 atom stereocenters. The van der Waals surface area contributed by atoms with Crippen LogP contribution in [0.15, 0.2) is 41.5 Å². The number of amides is 1. The predicted octanol–water partition coefficient (Wildman–Crippen LogP) is 4.15. The molecule has 1 aromatic carbocycles. The van der Waals surface area contributed by atoms with Crippen molar-refractivity contribution < 1.29 is 52.5 Å². The molecule has 1 aromatic heterocycles. The molecule has 0 radical (unpaired) electrons. The van der Waals surface area contributed by atoms with Gasteiger partial charge in [0.2, 0.25) is 5.91 Å². The zero-order valence-corrected chi connectivity index (χ0v) is 30.9. The molecule has 1 aliphatic heterocycles. The van der Waals surface area contributed by atoms with Crippen molar-refractivity contribution in [2.75, 3.05) is 27.9 Å². The van der Waals surface area contributed by atoms with Gasteiger partial charge in [-0.2, -0.15) is 0 Å². The van der Waals surface area contributed by atoms with Crippen molar-refractivity contribution in [3.63, 3.8) is 0 Å². The molecule has 0 bridgehead atoms. The average molecular weight is 713 g/mol. The fourth-order valence-electron chi connectivity index (χ4n) is 5.74. The molecule has 2 N–H and O–H groups in total. The molecular formula is C36H48N2O11Si. The molecule has 14 heteroatoms. The summed E-state index contributed by atoms with van der Waals surface area (Å²) in [6.45, 7) is 8.45. The number of H-pyrrole nitrogens is 1. The summed E-state index contributed by atoms with van der Waals surface area (Å²) in [4.78, 5) is 80.3. The van der Waals surface area contributed by atoms with Crippen LogP contribution in [0.4, 0.5) is 0 Å². The van der Waals surface area contributed by atoms with E-state index >= 15 is 0 Å². The number of ether oxygens (including phenoxy) is 5. The Labute approximate surface area is 293 Å². The highest BCUT2D eigenvalue weighted by molar-refractivity contribution is 6.76. The summed E-state index contributed by atoms with van der Waals surface area (Å²) < 4.78 is 25.8. The van der Waals surface area contributed by atoms with Gasteiger partial charge in [0.25, 0.3) is 0 Å². The monoisotopic (exact) mass is 712 g/mol. The summed E-state index contributed by atoms with van der Waals surface area (Å²) >= 11 is 0. The molecule has 0 saturated carbocycles. The number of esters is 5. The molecule has 13 nitrogen and oxygen atoms in total. The highest BCUT2D eigenvalue weighted by Crippen LogP contribution is 2.37. The lowest BCUT2D eigenvalue weighted by Gasteiger charge is -2.28. The molecule has 1 aliphatic rings. The highest BCUT2D eigenvalue weighted by Gasteiger charge is 2.43. The number of hydrogen-bond donors (Lipinski definition) is 2. The standard InChI is InChI=1S/C36H48N2O11Si/c1-36(27(20-32(42)48-17-18-50(5,6)7)25(34(43)38-36)14-16-30(40)46-3)21-28-24(13-15-29(39)45-2)26(19-31(41)47-4)33(37-28)35(44)49-22-23-11-9-8-10-12-23/h8-12,37H,13-22H2,1-7H3,(H,38,43). The first-order valence-electron chi connectivity index (χ1n) is 16.5. The minimum absolute atomic E-state index is 0.00341. The Hall–Kier alpha value is -4.72. The van der Waals surface area contributed by atoms with Crippen molar-refractivity contribution in [2.45, 2.75) is 89.7 Å². The van der Waals surface area contributed by atoms with E-state index in [-0.39, 0.29) is 75.0 Å². The first kappa shape index (κ1) is 39.7. The summed E-state index contributed by atoms with van der Waals surface area (Å²) in [6, 6.07) is 9.83. The maximum Gasteiger partial charge on any atom is 0.355 e. The van der Waals surface area contributed by atoms with E-state index in [0.717, 1.165) is 11.6 Å². The van der Waals surface area contributed by atoms with Gasteiger partial charge in [0.1, 0.15) is 12.3 Å². The third-order valence-corrected chi connectivity index (χ3v) is 10.2. The van der Waals surface area contributed by atoms with E-state index in [1.54, 1.807) is 19.1 Å². The van der Waals surface area contributed by atoms with Gasteiger partial charge in [-0.05, 0) is 48.1 Å². The average Bonchev–Trinajstić information content (AvgIpc) is 3.51. The Bertz CT molecular complexity index is 1610. The Morgan fingerprint density at radius 2 is 1.40 bits per heavy atom. The second kappa shape index (κ2) is 17.8. The number of rotatable bonds is 18. The first-order chi connectivity index (χ1) is 23.6. The van der Waals surface area contributed by atoms with E-state index in [4.69, 9.17) is 23.7 Å². The molecule has 1 amide bonds. The molecular weight excluding hydrogens is 664 g/mol. The lowest BCUT2D eigenvalue weighted by molar-refractivity contribution is -0.143. The number of carbonyl (C=O) groups excluding carboxylic acids is 6. The lowest BCUT2D eigenvalue weighted by atomic mass is 9.83. The van der Waals surface area contributed by atoms with Crippen molar-refractivity contribution in [3.05, 3.63) is 69.6 Å². The Morgan fingerprint density at radius 3 is 2.00 bits per heavy atom. The largest absolute Gasteiger partial charge is 0.469 e. The van der Waals surface area contributed by atoms with Gasteiger partial charge >= 0.3 is 29.8 Å². The Kier molecular flexibility index (Phi) is 14.1. The quantitative estimate of drug-likeness (QED) is 0.129. The van der Waals surface area contributed by atoms with E-state index in [9.17, 15) is 28.8 Å². The summed E-state index contributed by atoms with van der Waals surface area (Å²) in [5.41, 5.74) is 1.43. The van der Waals surface area contributed by atoms with Crippen molar-refractivity contribution in [2.24, 2.45) is 0 Å². The number of aromatic amines is 1. The summed E-state index contributed by atoms with van der Waals surface area (Å²) in [5, 5.41) is 2.98. The summed E-state index contributed by atoms with van der Waals surface area (Å²) in [6.07, 6.45) is -0.571. The van der Waals surface area contributed by atoms with Crippen molar-refractivity contribution in [1.82, 2.24) is 10.3 Å². The summed E-state index contributed by atoms with van der Waals surface area (Å²) in [5.74, 6) is -3.37. The fourth-order valence-corrected chi connectivity index (χ4v) is 6.45. The molecule has 3 rings (SSSR count). The molecule has 0 saturated heterocycles. The number of hydrogen-bond acceptors (Lipinski definition) is 11. The van der Waals surface area contributed by atoms with Crippen LogP contribution in [0.2, 0.25) is 25.7 Å². The highest BCUT2D eigenvalue weighted by atomic mass is 28.3. The topological polar surface area (TPSA) is 176 Å². The molecule has 1 unspecified atom stereocenters. The molecule has 2 aromatic rings. The Morgan fingerprint density at radius 1 is 0.780 bits per heavy atom. The van der Waals surface area contributed by atoms with E-state index in [1.807, 2.05) is 18.2 Å². The van der Waals surface area contributed by atoms with Gasteiger partial charge < -0.3 is 34.0 Å². The number of benzene rings is 1. The van der Waals surface area contributed by atoms with Crippen molar-refractivity contribution in [3.8, 4) is 0 Å². The number of nitrogens with one attached hydrogen (secondary N) is 2. The van der Waals surface area contributed by atoms with Crippen LogP contribution >= 0.6 is 0 Å². The van der Waals surface area contributed by atoms with Gasteiger partial charge in [0, 0.05) is 38.6 Å². The zero-order valence-electron chi connectivity index (χ0n) is 29.9.